The van der Waals surface area contributed by atoms with Crippen LogP contribution in [0.3, 0.4) is 0 Å². The van der Waals surface area contributed by atoms with E-state index in [1.54, 1.807) is 29.2 Å². The molecule has 0 aliphatic rings. The Balaban J connectivity index is 2.00. The highest BCUT2D eigenvalue weighted by Gasteiger charge is 2.12. The summed E-state index contributed by atoms with van der Waals surface area (Å²) in [6, 6.07) is 4.42. The summed E-state index contributed by atoms with van der Waals surface area (Å²) in [6.07, 6.45) is 0.717. The van der Waals surface area contributed by atoms with Gasteiger partial charge in [-0.15, -0.1) is 5.10 Å². The van der Waals surface area contributed by atoms with Crippen LogP contribution in [0.4, 0.5) is 20.2 Å². The van der Waals surface area contributed by atoms with Crippen LogP contribution in [0.2, 0.25) is 0 Å². The highest BCUT2D eigenvalue weighted by atomic mass is 19.3. The largest absolute Gasteiger partial charge is 0.399 e. The molecule has 2 aromatic rings. The summed E-state index contributed by atoms with van der Waals surface area (Å²) in [5.41, 5.74) is 6.11. The Kier molecular flexibility index (Phi) is 3.71. The van der Waals surface area contributed by atoms with E-state index in [4.69, 9.17) is 5.73 Å². The average molecular weight is 253 g/mol. The molecule has 2 rings (SSSR count). The summed E-state index contributed by atoms with van der Waals surface area (Å²) in [5.74, 6) is 0. The molecule has 1 aromatic heterocycles. The Morgan fingerprint density at radius 1 is 1.39 bits per heavy atom. The van der Waals surface area contributed by atoms with Crippen molar-refractivity contribution in [3.05, 3.63) is 36.2 Å². The standard InChI is InChI=1S/C11H13F2N5/c12-11(13)9-7-8(14)1-2-10(9)15-3-5-18-6-4-16-17-18/h1-2,4,6-7,11,15H,3,5,14H2. The molecular weight excluding hydrogens is 240 g/mol. The number of nitrogen functional groups attached to an aromatic ring is 1. The second kappa shape index (κ2) is 5.44. The van der Waals surface area contributed by atoms with Gasteiger partial charge in [0, 0.05) is 29.7 Å². The molecule has 18 heavy (non-hydrogen) atoms. The van der Waals surface area contributed by atoms with E-state index in [-0.39, 0.29) is 5.56 Å². The number of hydrogen-bond acceptors (Lipinski definition) is 4. The fraction of sp³-hybridized carbons (Fsp3) is 0.273. The smallest absolute Gasteiger partial charge is 0.265 e. The minimum absolute atomic E-state index is 0.0893. The van der Waals surface area contributed by atoms with E-state index >= 15 is 0 Å². The third-order valence-corrected chi connectivity index (χ3v) is 2.44. The van der Waals surface area contributed by atoms with Gasteiger partial charge in [0.05, 0.1) is 12.7 Å². The molecule has 0 unspecified atom stereocenters. The summed E-state index contributed by atoms with van der Waals surface area (Å²) in [6.45, 7) is 1.03. The van der Waals surface area contributed by atoms with Crippen molar-refractivity contribution in [3.8, 4) is 0 Å². The number of nitrogens with two attached hydrogens (primary N) is 1. The predicted octanol–water partition coefficient (Wildman–Crippen LogP) is 1.91. The van der Waals surface area contributed by atoms with Crippen LogP contribution in [-0.2, 0) is 6.54 Å². The molecule has 3 N–H and O–H groups in total. The SMILES string of the molecule is Nc1ccc(NCCn2ccnn2)c(C(F)F)c1. The van der Waals surface area contributed by atoms with Gasteiger partial charge in [0.25, 0.3) is 6.43 Å². The third kappa shape index (κ3) is 2.93. The summed E-state index contributed by atoms with van der Waals surface area (Å²) >= 11 is 0. The molecule has 0 saturated heterocycles. The topological polar surface area (TPSA) is 68.8 Å². The molecule has 0 atom stereocenters. The quantitative estimate of drug-likeness (QED) is 0.799. The van der Waals surface area contributed by atoms with Crippen molar-refractivity contribution in [2.45, 2.75) is 13.0 Å². The Hall–Kier alpha value is -2.18. The van der Waals surface area contributed by atoms with E-state index in [1.165, 1.54) is 6.07 Å². The first-order valence-electron chi connectivity index (χ1n) is 5.42. The van der Waals surface area contributed by atoms with Crippen LogP contribution in [0.15, 0.2) is 30.6 Å². The van der Waals surface area contributed by atoms with Gasteiger partial charge in [-0.3, -0.25) is 4.68 Å². The number of halogens is 2. The fourth-order valence-corrected chi connectivity index (χ4v) is 1.58. The van der Waals surface area contributed by atoms with Crippen molar-refractivity contribution in [1.82, 2.24) is 15.0 Å². The molecule has 0 aliphatic carbocycles. The monoisotopic (exact) mass is 253 g/mol. The van der Waals surface area contributed by atoms with Crippen LogP contribution in [-0.4, -0.2) is 21.5 Å². The number of nitrogens with one attached hydrogen (secondary N) is 1. The highest BCUT2D eigenvalue weighted by Crippen LogP contribution is 2.28. The number of hydrogen-bond donors (Lipinski definition) is 2. The summed E-state index contributed by atoms with van der Waals surface area (Å²) in [7, 11) is 0. The maximum atomic E-state index is 12.8. The van der Waals surface area contributed by atoms with Crippen LogP contribution >= 0.6 is 0 Å². The first-order chi connectivity index (χ1) is 8.66. The summed E-state index contributed by atoms with van der Waals surface area (Å²) < 4.78 is 27.2. The maximum absolute atomic E-state index is 12.8. The van der Waals surface area contributed by atoms with Crippen molar-refractivity contribution in [3.63, 3.8) is 0 Å². The Morgan fingerprint density at radius 2 is 2.22 bits per heavy atom. The molecule has 5 nitrogen and oxygen atoms in total. The lowest BCUT2D eigenvalue weighted by Gasteiger charge is -2.12. The molecule has 7 heteroatoms. The van der Waals surface area contributed by atoms with E-state index in [2.05, 4.69) is 15.6 Å². The van der Waals surface area contributed by atoms with Crippen molar-refractivity contribution in [2.75, 3.05) is 17.6 Å². The zero-order valence-corrected chi connectivity index (χ0v) is 9.55. The number of nitrogens with zero attached hydrogens (tertiary/aromatic N) is 3. The lowest BCUT2D eigenvalue weighted by atomic mass is 10.1. The van der Waals surface area contributed by atoms with Crippen molar-refractivity contribution in [2.24, 2.45) is 0 Å². The van der Waals surface area contributed by atoms with Crippen LogP contribution < -0.4 is 11.1 Å². The van der Waals surface area contributed by atoms with Gasteiger partial charge in [-0.05, 0) is 18.2 Å². The van der Waals surface area contributed by atoms with E-state index in [1.807, 2.05) is 0 Å². The number of alkyl halides is 2. The lowest BCUT2D eigenvalue weighted by molar-refractivity contribution is 0.152. The zero-order chi connectivity index (χ0) is 13.0. The zero-order valence-electron chi connectivity index (χ0n) is 9.55. The number of rotatable bonds is 5. The molecule has 0 fully saturated rings. The van der Waals surface area contributed by atoms with Gasteiger partial charge in [-0.25, -0.2) is 8.78 Å². The highest BCUT2D eigenvalue weighted by molar-refractivity contribution is 5.58. The first kappa shape index (κ1) is 12.3. The van der Waals surface area contributed by atoms with Crippen molar-refractivity contribution in [1.29, 1.82) is 0 Å². The number of anilines is 2. The van der Waals surface area contributed by atoms with Gasteiger partial charge in [0.1, 0.15) is 0 Å². The molecule has 0 radical (unpaired) electrons. The Bertz CT molecular complexity index is 498. The van der Waals surface area contributed by atoms with Crippen LogP contribution in [0.5, 0.6) is 0 Å². The normalized spacial score (nSPS) is 10.8. The molecule has 96 valence electrons. The van der Waals surface area contributed by atoms with Gasteiger partial charge < -0.3 is 11.1 Å². The molecule has 0 saturated carbocycles. The minimum atomic E-state index is -2.55. The minimum Gasteiger partial charge on any atom is -0.399 e. The summed E-state index contributed by atoms with van der Waals surface area (Å²) in [4.78, 5) is 0. The molecule has 0 spiro atoms. The molecule has 0 bridgehead atoms. The first-order valence-corrected chi connectivity index (χ1v) is 5.42. The van der Waals surface area contributed by atoms with Gasteiger partial charge in [-0.1, -0.05) is 5.21 Å². The number of benzene rings is 1. The van der Waals surface area contributed by atoms with Gasteiger partial charge >= 0.3 is 0 Å². The molecule has 0 amide bonds. The van der Waals surface area contributed by atoms with Crippen molar-refractivity contribution < 1.29 is 8.78 Å². The van der Waals surface area contributed by atoms with Gasteiger partial charge in [0.15, 0.2) is 0 Å². The third-order valence-electron chi connectivity index (χ3n) is 2.44. The van der Waals surface area contributed by atoms with E-state index < -0.39 is 6.43 Å². The van der Waals surface area contributed by atoms with Gasteiger partial charge in [-0.2, -0.15) is 0 Å². The average Bonchev–Trinajstić information content (AvgIpc) is 2.84. The van der Waals surface area contributed by atoms with Gasteiger partial charge in [0.2, 0.25) is 0 Å². The Labute approximate surface area is 103 Å². The molecule has 1 aromatic carbocycles. The van der Waals surface area contributed by atoms with E-state index in [0.717, 1.165) is 0 Å². The van der Waals surface area contributed by atoms with E-state index in [9.17, 15) is 8.78 Å². The Morgan fingerprint density at radius 3 is 2.89 bits per heavy atom. The molecule has 1 heterocycles. The molecular formula is C11H13F2N5. The second-order valence-electron chi connectivity index (χ2n) is 3.74. The van der Waals surface area contributed by atoms with Crippen molar-refractivity contribution >= 4 is 11.4 Å². The lowest BCUT2D eigenvalue weighted by Crippen LogP contribution is -2.12. The van der Waals surface area contributed by atoms with E-state index in [0.29, 0.717) is 24.5 Å². The number of aromatic nitrogens is 3. The summed E-state index contributed by atoms with van der Waals surface area (Å²) in [5, 5.41) is 10.4. The van der Waals surface area contributed by atoms with Crippen LogP contribution in [0.1, 0.15) is 12.0 Å². The maximum Gasteiger partial charge on any atom is 0.265 e. The van der Waals surface area contributed by atoms with Crippen LogP contribution in [0, 0.1) is 0 Å². The van der Waals surface area contributed by atoms with Crippen LogP contribution in [0.25, 0.3) is 0 Å². The fourth-order valence-electron chi connectivity index (χ4n) is 1.58. The second-order valence-corrected chi connectivity index (χ2v) is 3.74. The molecule has 0 aliphatic heterocycles. The predicted molar refractivity (Wildman–Crippen MR) is 64.3 cm³/mol.